The van der Waals surface area contributed by atoms with E-state index in [1.165, 1.54) is 35.3 Å². The van der Waals surface area contributed by atoms with Gasteiger partial charge in [0, 0.05) is 23.2 Å². The summed E-state index contributed by atoms with van der Waals surface area (Å²) in [6, 6.07) is 14.3. The number of hydrogen-bond acceptors (Lipinski definition) is 7. The molecule has 1 atom stereocenters. The number of para-hydroxylation sites is 1. The number of alkyl halides is 3. The molecule has 218 valence electrons. The van der Waals surface area contributed by atoms with Crippen LogP contribution >= 0.6 is 11.6 Å². The Bertz CT molecular complexity index is 1770. The third-order valence-electron chi connectivity index (χ3n) is 6.24. The standard InChI is InChI=1S/C26H23ClF3N9O3/c1-2-37-22(11-12-32-37)33-24(41)18-5-3-4-6-19(18)39-15-31-21(34-39)14-38-25(42)36(13-20(40)26(28,29)30)23(35-38)16-7-9-17(27)10-8-16/h3-12,15,20,40H,2,13-14H2,1H3,(H,33,41). The van der Waals surface area contributed by atoms with Crippen LogP contribution in [0.25, 0.3) is 17.1 Å². The van der Waals surface area contributed by atoms with Crippen molar-refractivity contribution in [1.29, 1.82) is 0 Å². The van der Waals surface area contributed by atoms with Gasteiger partial charge in [0.25, 0.3) is 5.91 Å². The zero-order chi connectivity index (χ0) is 30.0. The lowest BCUT2D eigenvalue weighted by molar-refractivity contribution is -0.207. The lowest BCUT2D eigenvalue weighted by Gasteiger charge is -2.15. The first-order chi connectivity index (χ1) is 20.0. The average molecular weight is 602 g/mol. The molecular formula is C26H23ClF3N9O3. The minimum absolute atomic E-state index is 0.0973. The first-order valence-electron chi connectivity index (χ1n) is 12.6. The number of aliphatic hydroxyl groups excluding tert-OH is 1. The Kier molecular flexibility index (Phi) is 7.95. The normalized spacial score (nSPS) is 12.4. The molecule has 2 aromatic carbocycles. The number of aliphatic hydroxyl groups is 1. The number of hydrogen-bond donors (Lipinski definition) is 2. The predicted molar refractivity (Wildman–Crippen MR) is 145 cm³/mol. The van der Waals surface area contributed by atoms with Gasteiger partial charge in [0.1, 0.15) is 18.7 Å². The van der Waals surface area contributed by atoms with Gasteiger partial charge in [-0.25, -0.2) is 23.8 Å². The first-order valence-corrected chi connectivity index (χ1v) is 12.9. The molecule has 0 fully saturated rings. The molecule has 1 unspecified atom stereocenters. The maximum Gasteiger partial charge on any atom is 0.416 e. The van der Waals surface area contributed by atoms with E-state index in [2.05, 4.69) is 25.6 Å². The zero-order valence-corrected chi connectivity index (χ0v) is 22.7. The van der Waals surface area contributed by atoms with Crippen LogP contribution in [-0.4, -0.2) is 62.2 Å². The number of carbonyl (C=O) groups is 1. The second-order valence-electron chi connectivity index (χ2n) is 9.05. The zero-order valence-electron chi connectivity index (χ0n) is 21.9. The van der Waals surface area contributed by atoms with Crippen LogP contribution < -0.4 is 11.0 Å². The Hall–Kier alpha value is -4.76. The Morgan fingerprint density at radius 1 is 1.07 bits per heavy atom. The van der Waals surface area contributed by atoms with Crippen LogP contribution in [0.1, 0.15) is 23.1 Å². The molecule has 0 saturated carbocycles. The molecule has 3 aromatic heterocycles. The van der Waals surface area contributed by atoms with Crippen LogP contribution in [0, 0.1) is 0 Å². The van der Waals surface area contributed by atoms with E-state index in [1.807, 2.05) is 6.92 Å². The molecule has 0 aliphatic rings. The number of rotatable bonds is 9. The molecule has 1 amide bonds. The number of nitrogens with zero attached hydrogens (tertiary/aromatic N) is 8. The topological polar surface area (TPSA) is 138 Å². The Morgan fingerprint density at radius 3 is 2.52 bits per heavy atom. The summed E-state index contributed by atoms with van der Waals surface area (Å²) in [5.41, 5.74) is 0.0779. The van der Waals surface area contributed by atoms with Crippen molar-refractivity contribution in [3.8, 4) is 17.1 Å². The van der Waals surface area contributed by atoms with Gasteiger partial charge in [-0.3, -0.25) is 9.36 Å². The molecule has 42 heavy (non-hydrogen) atoms. The SMILES string of the molecule is CCn1nccc1NC(=O)c1ccccc1-n1cnc(Cn2nc(-c3ccc(Cl)cc3)n(CC(O)C(F)(F)F)c2=O)n1. The van der Waals surface area contributed by atoms with Crippen molar-refractivity contribution >= 4 is 23.3 Å². The van der Waals surface area contributed by atoms with E-state index >= 15 is 0 Å². The Morgan fingerprint density at radius 2 is 1.81 bits per heavy atom. The predicted octanol–water partition coefficient (Wildman–Crippen LogP) is 3.39. The molecule has 0 aliphatic heterocycles. The molecule has 0 bridgehead atoms. The van der Waals surface area contributed by atoms with Crippen LogP contribution in [0.5, 0.6) is 0 Å². The second-order valence-corrected chi connectivity index (χ2v) is 9.48. The van der Waals surface area contributed by atoms with E-state index in [9.17, 15) is 27.9 Å². The fourth-order valence-electron chi connectivity index (χ4n) is 4.16. The number of benzene rings is 2. The molecule has 3 heterocycles. The summed E-state index contributed by atoms with van der Waals surface area (Å²) < 4.78 is 44.0. The van der Waals surface area contributed by atoms with Crippen molar-refractivity contribution in [2.45, 2.75) is 38.8 Å². The van der Waals surface area contributed by atoms with Crippen LogP contribution in [0.3, 0.4) is 0 Å². The van der Waals surface area contributed by atoms with E-state index in [4.69, 9.17) is 11.6 Å². The maximum absolute atomic E-state index is 13.2. The van der Waals surface area contributed by atoms with Gasteiger partial charge in [0.05, 0.1) is 24.0 Å². The number of carbonyl (C=O) groups excluding carboxylic acids is 1. The molecule has 5 rings (SSSR count). The van der Waals surface area contributed by atoms with Crippen LogP contribution in [0.2, 0.25) is 5.02 Å². The molecule has 0 aliphatic carbocycles. The van der Waals surface area contributed by atoms with Gasteiger partial charge < -0.3 is 10.4 Å². The maximum atomic E-state index is 13.2. The van der Waals surface area contributed by atoms with Gasteiger partial charge in [0.2, 0.25) is 0 Å². The summed E-state index contributed by atoms with van der Waals surface area (Å²) in [6.07, 6.45) is -4.84. The molecule has 5 aromatic rings. The average Bonchev–Trinajstić information content (AvgIpc) is 3.69. The summed E-state index contributed by atoms with van der Waals surface area (Å²) in [4.78, 5) is 30.5. The van der Waals surface area contributed by atoms with Crippen molar-refractivity contribution in [3.63, 3.8) is 0 Å². The number of aryl methyl sites for hydroxylation is 1. The monoisotopic (exact) mass is 601 g/mol. The summed E-state index contributed by atoms with van der Waals surface area (Å²) in [6.45, 7) is 1.08. The van der Waals surface area contributed by atoms with Crippen LogP contribution in [-0.2, 0) is 19.6 Å². The lowest BCUT2D eigenvalue weighted by atomic mass is 10.1. The van der Waals surface area contributed by atoms with Crippen molar-refractivity contribution in [2.75, 3.05) is 5.32 Å². The number of halogens is 4. The summed E-state index contributed by atoms with van der Waals surface area (Å²) in [5, 5.41) is 25.6. The van der Waals surface area contributed by atoms with Crippen LogP contribution in [0.15, 0.2) is 71.9 Å². The van der Waals surface area contributed by atoms with E-state index < -0.39 is 30.4 Å². The largest absolute Gasteiger partial charge is 0.416 e. The summed E-state index contributed by atoms with van der Waals surface area (Å²) in [7, 11) is 0. The minimum atomic E-state index is -4.95. The number of amides is 1. The molecular weight excluding hydrogens is 579 g/mol. The highest BCUT2D eigenvalue weighted by molar-refractivity contribution is 6.30. The Balaban J connectivity index is 1.44. The molecule has 2 N–H and O–H groups in total. The van der Waals surface area contributed by atoms with Gasteiger partial charge in [-0.15, -0.1) is 10.2 Å². The highest BCUT2D eigenvalue weighted by atomic mass is 35.5. The fourth-order valence-corrected chi connectivity index (χ4v) is 4.28. The van der Waals surface area contributed by atoms with Crippen molar-refractivity contribution in [2.24, 2.45) is 0 Å². The third kappa shape index (κ3) is 5.96. The highest BCUT2D eigenvalue weighted by Crippen LogP contribution is 2.24. The molecule has 12 nitrogen and oxygen atoms in total. The molecule has 0 radical (unpaired) electrons. The van der Waals surface area contributed by atoms with Gasteiger partial charge in [-0.05, 0) is 43.3 Å². The minimum Gasteiger partial charge on any atom is -0.382 e. The van der Waals surface area contributed by atoms with Gasteiger partial charge >= 0.3 is 11.9 Å². The smallest absolute Gasteiger partial charge is 0.382 e. The third-order valence-corrected chi connectivity index (χ3v) is 6.49. The van der Waals surface area contributed by atoms with Gasteiger partial charge in [-0.2, -0.15) is 18.3 Å². The van der Waals surface area contributed by atoms with E-state index in [1.54, 1.807) is 41.2 Å². The number of nitrogens with one attached hydrogen (secondary N) is 1. The van der Waals surface area contributed by atoms with Crippen LogP contribution in [0.4, 0.5) is 19.0 Å². The lowest BCUT2D eigenvalue weighted by Crippen LogP contribution is -2.37. The summed E-state index contributed by atoms with van der Waals surface area (Å²) in [5.74, 6) is 0.0927. The van der Waals surface area contributed by atoms with E-state index in [-0.39, 0.29) is 23.8 Å². The van der Waals surface area contributed by atoms with Crippen molar-refractivity contribution in [1.82, 2.24) is 38.9 Å². The quantitative estimate of drug-likeness (QED) is 0.264. The Labute approximate surface area is 240 Å². The number of aromatic nitrogens is 8. The first kappa shape index (κ1) is 28.8. The van der Waals surface area contributed by atoms with Crippen molar-refractivity contribution < 1.29 is 23.1 Å². The van der Waals surface area contributed by atoms with Gasteiger partial charge in [0.15, 0.2) is 17.8 Å². The summed E-state index contributed by atoms with van der Waals surface area (Å²) >= 11 is 5.93. The van der Waals surface area contributed by atoms with Gasteiger partial charge in [-0.1, -0.05) is 23.7 Å². The molecule has 0 spiro atoms. The fraction of sp³-hybridized carbons (Fsp3) is 0.231. The van der Waals surface area contributed by atoms with Crippen molar-refractivity contribution in [3.05, 3.63) is 94.0 Å². The second kappa shape index (κ2) is 11.6. The van der Waals surface area contributed by atoms with E-state index in [0.717, 1.165) is 9.25 Å². The number of anilines is 1. The highest BCUT2D eigenvalue weighted by Gasteiger charge is 2.39. The molecule has 0 saturated heterocycles. The molecule has 16 heteroatoms. The van der Waals surface area contributed by atoms with E-state index in [0.29, 0.717) is 28.6 Å².